The van der Waals surface area contributed by atoms with Gasteiger partial charge in [0.2, 0.25) is 0 Å². The highest BCUT2D eigenvalue weighted by Gasteiger charge is 2.39. The molecule has 1 nitrogen and oxygen atoms in total. The second-order valence-electron chi connectivity index (χ2n) is 5.57. The Morgan fingerprint density at radius 2 is 1.71 bits per heavy atom. The van der Waals surface area contributed by atoms with E-state index in [1.54, 1.807) is 0 Å². The Morgan fingerprint density at radius 1 is 1.21 bits per heavy atom. The molecule has 1 unspecified atom stereocenters. The predicted molar refractivity (Wildman–Crippen MR) is 60.1 cm³/mol. The number of hydrogen-bond acceptors (Lipinski definition) is 1. The fourth-order valence-electron chi connectivity index (χ4n) is 2.64. The van der Waals surface area contributed by atoms with Crippen molar-refractivity contribution in [2.45, 2.75) is 53.4 Å². The first-order valence-corrected chi connectivity index (χ1v) is 5.98. The fourth-order valence-corrected chi connectivity index (χ4v) is 2.64. The van der Waals surface area contributed by atoms with Gasteiger partial charge in [-0.1, -0.05) is 27.7 Å². The normalized spacial score (nSPS) is 35.6. The summed E-state index contributed by atoms with van der Waals surface area (Å²) < 4.78 is 0. The molecule has 0 aromatic rings. The van der Waals surface area contributed by atoms with E-state index >= 15 is 0 Å². The van der Waals surface area contributed by atoms with Gasteiger partial charge < -0.3 is 4.79 Å². The topological polar surface area (TPSA) is 17.1 Å². The van der Waals surface area contributed by atoms with E-state index in [2.05, 4.69) is 27.7 Å². The van der Waals surface area contributed by atoms with E-state index in [-0.39, 0.29) is 5.41 Å². The van der Waals surface area contributed by atoms with Crippen molar-refractivity contribution in [3.8, 4) is 0 Å². The van der Waals surface area contributed by atoms with Gasteiger partial charge in [-0.25, -0.2) is 0 Å². The summed E-state index contributed by atoms with van der Waals surface area (Å²) >= 11 is 0. The van der Waals surface area contributed by atoms with Crippen LogP contribution in [0.2, 0.25) is 0 Å². The maximum Gasteiger partial charge on any atom is 0.126 e. The van der Waals surface area contributed by atoms with E-state index in [1.165, 1.54) is 19.1 Å². The van der Waals surface area contributed by atoms with Crippen molar-refractivity contribution in [3.05, 3.63) is 0 Å². The maximum absolute atomic E-state index is 11.3. The van der Waals surface area contributed by atoms with Gasteiger partial charge in [-0.2, -0.15) is 0 Å². The predicted octanol–water partition coefficient (Wildman–Crippen LogP) is 3.67. The van der Waals surface area contributed by atoms with Gasteiger partial charge in [0.05, 0.1) is 0 Å². The van der Waals surface area contributed by atoms with E-state index in [0.29, 0.717) is 11.8 Å². The smallest absolute Gasteiger partial charge is 0.126 e. The molecule has 1 aliphatic rings. The third-order valence-electron chi connectivity index (χ3n) is 4.35. The minimum atomic E-state index is 0.000671. The highest BCUT2D eigenvalue weighted by Crippen LogP contribution is 2.45. The molecule has 0 spiro atoms. The molecule has 82 valence electrons. The van der Waals surface area contributed by atoms with Crippen LogP contribution in [-0.2, 0) is 4.79 Å². The van der Waals surface area contributed by atoms with Gasteiger partial charge >= 0.3 is 0 Å². The first-order chi connectivity index (χ1) is 6.52. The molecule has 0 aromatic carbocycles. The SMILES string of the molecule is CC1CCC(C=O)(C(C)C(C)C)CC1. The van der Waals surface area contributed by atoms with E-state index in [1.807, 2.05) is 0 Å². The van der Waals surface area contributed by atoms with Gasteiger partial charge in [0.25, 0.3) is 0 Å². The highest BCUT2D eigenvalue weighted by molar-refractivity contribution is 5.60. The first-order valence-electron chi connectivity index (χ1n) is 5.98. The van der Waals surface area contributed by atoms with Crippen LogP contribution in [0.1, 0.15) is 53.4 Å². The quantitative estimate of drug-likeness (QED) is 0.629. The Bertz CT molecular complexity index is 187. The van der Waals surface area contributed by atoms with Gasteiger partial charge in [-0.15, -0.1) is 0 Å². The summed E-state index contributed by atoms with van der Waals surface area (Å²) in [6.45, 7) is 9.01. The van der Waals surface area contributed by atoms with E-state index < -0.39 is 0 Å². The molecule has 0 aromatic heterocycles. The van der Waals surface area contributed by atoms with Crippen molar-refractivity contribution in [1.29, 1.82) is 0 Å². The average Bonchev–Trinajstić information content (AvgIpc) is 2.18. The number of carbonyl (C=O) groups excluding carboxylic acids is 1. The summed E-state index contributed by atoms with van der Waals surface area (Å²) in [5, 5.41) is 0. The molecule has 0 bridgehead atoms. The van der Waals surface area contributed by atoms with Crippen molar-refractivity contribution < 1.29 is 4.79 Å². The molecule has 1 rings (SSSR count). The lowest BCUT2D eigenvalue weighted by Crippen LogP contribution is -2.37. The van der Waals surface area contributed by atoms with Crippen LogP contribution in [0.5, 0.6) is 0 Å². The summed E-state index contributed by atoms with van der Waals surface area (Å²) in [4.78, 5) is 11.3. The molecule has 0 N–H and O–H groups in total. The zero-order valence-corrected chi connectivity index (χ0v) is 10.0. The summed E-state index contributed by atoms with van der Waals surface area (Å²) in [5.74, 6) is 1.98. The van der Waals surface area contributed by atoms with Crippen LogP contribution in [0.15, 0.2) is 0 Å². The molecule has 0 saturated heterocycles. The molecule has 1 aliphatic carbocycles. The van der Waals surface area contributed by atoms with E-state index in [4.69, 9.17) is 0 Å². The minimum absolute atomic E-state index is 0.000671. The van der Waals surface area contributed by atoms with Gasteiger partial charge in [-0.3, -0.25) is 0 Å². The van der Waals surface area contributed by atoms with Gasteiger partial charge in [0.1, 0.15) is 6.29 Å². The molecule has 0 radical (unpaired) electrons. The van der Waals surface area contributed by atoms with E-state index in [0.717, 1.165) is 18.8 Å². The van der Waals surface area contributed by atoms with Crippen molar-refractivity contribution in [1.82, 2.24) is 0 Å². The van der Waals surface area contributed by atoms with Crippen molar-refractivity contribution in [2.24, 2.45) is 23.2 Å². The summed E-state index contributed by atoms with van der Waals surface area (Å²) in [5.41, 5.74) is 0.000671. The Labute approximate surface area is 88.3 Å². The molecule has 1 fully saturated rings. The lowest BCUT2D eigenvalue weighted by atomic mass is 9.62. The molecule has 14 heavy (non-hydrogen) atoms. The first kappa shape index (κ1) is 11.7. The monoisotopic (exact) mass is 196 g/mol. The molecule has 1 saturated carbocycles. The van der Waals surface area contributed by atoms with Crippen LogP contribution < -0.4 is 0 Å². The lowest BCUT2D eigenvalue weighted by molar-refractivity contribution is -0.122. The third-order valence-corrected chi connectivity index (χ3v) is 4.35. The van der Waals surface area contributed by atoms with Crippen LogP contribution in [0.25, 0.3) is 0 Å². The van der Waals surface area contributed by atoms with Gasteiger partial charge in [0.15, 0.2) is 0 Å². The zero-order chi connectivity index (χ0) is 10.8. The Morgan fingerprint density at radius 3 is 2.07 bits per heavy atom. The van der Waals surface area contributed by atoms with Crippen molar-refractivity contribution >= 4 is 6.29 Å². The molecule has 0 amide bonds. The van der Waals surface area contributed by atoms with Gasteiger partial charge in [0, 0.05) is 5.41 Å². The van der Waals surface area contributed by atoms with Crippen molar-refractivity contribution in [2.75, 3.05) is 0 Å². The van der Waals surface area contributed by atoms with Crippen LogP contribution >= 0.6 is 0 Å². The zero-order valence-electron chi connectivity index (χ0n) is 10.0. The Balaban J connectivity index is 2.72. The average molecular weight is 196 g/mol. The van der Waals surface area contributed by atoms with Crippen molar-refractivity contribution in [3.63, 3.8) is 0 Å². The Kier molecular flexibility index (Phi) is 3.74. The minimum Gasteiger partial charge on any atom is -0.303 e. The molecular formula is C13H24O. The number of rotatable bonds is 3. The number of hydrogen-bond donors (Lipinski definition) is 0. The lowest BCUT2D eigenvalue weighted by Gasteiger charge is -2.41. The standard InChI is InChI=1S/C13H24O/c1-10(2)12(4)13(9-14)7-5-11(3)6-8-13/h9-12H,5-8H2,1-4H3. The highest BCUT2D eigenvalue weighted by atomic mass is 16.1. The van der Waals surface area contributed by atoms with Crippen LogP contribution in [0.3, 0.4) is 0 Å². The maximum atomic E-state index is 11.3. The molecule has 1 heteroatoms. The van der Waals surface area contributed by atoms with E-state index in [9.17, 15) is 4.79 Å². The second-order valence-corrected chi connectivity index (χ2v) is 5.57. The van der Waals surface area contributed by atoms with Crippen LogP contribution in [0.4, 0.5) is 0 Å². The Hall–Kier alpha value is -0.330. The summed E-state index contributed by atoms with van der Waals surface area (Å²) in [6, 6.07) is 0. The molecular weight excluding hydrogens is 172 g/mol. The molecule has 0 aliphatic heterocycles. The fraction of sp³-hybridized carbons (Fsp3) is 0.923. The largest absolute Gasteiger partial charge is 0.303 e. The second kappa shape index (κ2) is 4.46. The molecule has 0 heterocycles. The summed E-state index contributed by atoms with van der Waals surface area (Å²) in [6.07, 6.45) is 5.93. The number of carbonyl (C=O) groups is 1. The summed E-state index contributed by atoms with van der Waals surface area (Å²) in [7, 11) is 0. The molecule has 1 atom stereocenters. The van der Waals surface area contributed by atoms with Gasteiger partial charge in [-0.05, 0) is 43.4 Å². The number of aldehydes is 1. The van der Waals surface area contributed by atoms with Crippen LogP contribution in [0, 0.1) is 23.2 Å². The van der Waals surface area contributed by atoms with Crippen LogP contribution in [-0.4, -0.2) is 6.29 Å². The third kappa shape index (κ3) is 2.18.